The Kier molecular flexibility index (Phi) is 5.72. The smallest absolute Gasteiger partial charge is 0.419 e. The lowest BCUT2D eigenvalue weighted by Crippen LogP contribution is -2.09. The molecule has 0 aliphatic carbocycles. The largest absolute Gasteiger partial charge is 0.454 e. The monoisotopic (exact) mass is 450 g/mol. The third kappa shape index (κ3) is 4.05. The zero-order valence-electron chi connectivity index (χ0n) is 10.9. The molecular formula is C14H6BrCl3F4O. The number of rotatable bonds is 3. The van der Waals surface area contributed by atoms with E-state index in [9.17, 15) is 17.6 Å². The highest BCUT2D eigenvalue weighted by atomic mass is 79.9. The van der Waals surface area contributed by atoms with Gasteiger partial charge in [0.05, 0.1) is 10.6 Å². The molecule has 0 spiro atoms. The van der Waals surface area contributed by atoms with E-state index in [1.165, 1.54) is 18.2 Å². The van der Waals surface area contributed by atoms with E-state index in [-0.39, 0.29) is 5.75 Å². The minimum atomic E-state index is -4.92. The summed E-state index contributed by atoms with van der Waals surface area (Å²) in [6, 6.07) is 4.94. The van der Waals surface area contributed by atoms with Gasteiger partial charge in [0.1, 0.15) is 10.8 Å². The standard InChI is InChI=1S/C14H6BrCl3F4O/c15-5-6-3-7(1-2-9(6)16)23-13-10(17)4-8(14(20,21)22)12(19)11(13)18/h1-4H,5H2. The van der Waals surface area contributed by atoms with Crippen LogP contribution in [-0.2, 0) is 11.5 Å². The molecule has 0 fully saturated rings. The first kappa shape index (κ1) is 18.6. The maximum Gasteiger partial charge on any atom is 0.419 e. The Balaban J connectivity index is 2.47. The molecule has 0 saturated heterocycles. The molecule has 2 rings (SSSR count). The Morgan fingerprint density at radius 2 is 1.70 bits per heavy atom. The number of hydrogen-bond acceptors (Lipinski definition) is 1. The predicted octanol–water partition coefficient (Wildman–Crippen LogP) is 7.49. The first-order valence-corrected chi connectivity index (χ1v) is 8.17. The van der Waals surface area contributed by atoms with Crippen LogP contribution in [-0.4, -0.2) is 0 Å². The Bertz CT molecular complexity index is 750. The van der Waals surface area contributed by atoms with Gasteiger partial charge in [0.2, 0.25) is 0 Å². The van der Waals surface area contributed by atoms with Crippen LogP contribution in [0, 0.1) is 5.82 Å². The first-order valence-electron chi connectivity index (χ1n) is 5.92. The first-order chi connectivity index (χ1) is 10.6. The highest BCUT2D eigenvalue weighted by Crippen LogP contribution is 2.44. The highest BCUT2D eigenvalue weighted by molar-refractivity contribution is 9.08. The zero-order valence-corrected chi connectivity index (χ0v) is 14.8. The quantitative estimate of drug-likeness (QED) is 0.266. The topological polar surface area (TPSA) is 9.23 Å². The van der Waals surface area contributed by atoms with E-state index >= 15 is 0 Å². The number of benzene rings is 2. The van der Waals surface area contributed by atoms with Crippen molar-refractivity contribution < 1.29 is 22.3 Å². The minimum Gasteiger partial charge on any atom is -0.454 e. The molecular weight excluding hydrogens is 446 g/mol. The summed E-state index contributed by atoms with van der Waals surface area (Å²) in [5, 5.41) is -0.421. The summed E-state index contributed by atoms with van der Waals surface area (Å²) >= 11 is 20.6. The normalized spacial score (nSPS) is 11.7. The summed E-state index contributed by atoms with van der Waals surface area (Å²) in [4.78, 5) is 0. The summed E-state index contributed by atoms with van der Waals surface area (Å²) in [5.41, 5.74) is -0.888. The van der Waals surface area contributed by atoms with E-state index in [4.69, 9.17) is 39.5 Å². The molecule has 0 aliphatic rings. The van der Waals surface area contributed by atoms with Crippen LogP contribution in [0.3, 0.4) is 0 Å². The Morgan fingerprint density at radius 3 is 2.26 bits per heavy atom. The molecule has 9 heteroatoms. The van der Waals surface area contributed by atoms with Crippen LogP contribution in [0.4, 0.5) is 17.6 Å². The van der Waals surface area contributed by atoms with Gasteiger partial charge in [0.15, 0.2) is 11.6 Å². The van der Waals surface area contributed by atoms with Gasteiger partial charge in [0, 0.05) is 10.4 Å². The Labute approximate surface area is 152 Å². The molecule has 0 N–H and O–H groups in total. The lowest BCUT2D eigenvalue weighted by atomic mass is 10.2. The molecule has 0 aliphatic heterocycles. The summed E-state index contributed by atoms with van der Waals surface area (Å²) in [6.45, 7) is 0. The second-order valence-corrected chi connectivity index (χ2v) is 6.10. The van der Waals surface area contributed by atoms with Gasteiger partial charge < -0.3 is 4.74 Å². The van der Waals surface area contributed by atoms with Gasteiger partial charge in [-0.1, -0.05) is 50.7 Å². The van der Waals surface area contributed by atoms with Gasteiger partial charge in [-0.15, -0.1) is 0 Å². The molecule has 0 unspecified atom stereocenters. The lowest BCUT2D eigenvalue weighted by molar-refractivity contribution is -0.140. The van der Waals surface area contributed by atoms with Crippen molar-refractivity contribution in [1.29, 1.82) is 0 Å². The summed E-state index contributed by atoms with van der Waals surface area (Å²) in [5.74, 6) is -1.85. The van der Waals surface area contributed by atoms with E-state index in [0.717, 1.165) is 0 Å². The molecule has 0 amide bonds. The van der Waals surface area contributed by atoms with Crippen molar-refractivity contribution >= 4 is 50.7 Å². The molecule has 0 heterocycles. The SMILES string of the molecule is Fc1c(C(F)(F)F)cc(Cl)c(Oc2ccc(Cl)c(CBr)c2)c1Cl. The van der Waals surface area contributed by atoms with Crippen LogP contribution in [0.2, 0.25) is 15.1 Å². The van der Waals surface area contributed by atoms with E-state index < -0.39 is 33.4 Å². The third-order valence-electron chi connectivity index (χ3n) is 2.80. The third-order valence-corrected chi connectivity index (χ3v) is 4.39. The maximum absolute atomic E-state index is 13.8. The van der Waals surface area contributed by atoms with Crippen LogP contribution in [0.5, 0.6) is 11.5 Å². The lowest BCUT2D eigenvalue weighted by Gasteiger charge is -2.15. The van der Waals surface area contributed by atoms with Crippen LogP contribution in [0.1, 0.15) is 11.1 Å². The zero-order chi connectivity index (χ0) is 17.4. The number of hydrogen-bond donors (Lipinski definition) is 0. The second kappa shape index (κ2) is 7.05. The van der Waals surface area contributed by atoms with E-state index in [0.29, 0.717) is 22.0 Å². The molecule has 0 saturated carbocycles. The number of alkyl halides is 4. The number of ether oxygens (including phenoxy) is 1. The van der Waals surface area contributed by atoms with E-state index in [2.05, 4.69) is 15.9 Å². The molecule has 2 aromatic carbocycles. The van der Waals surface area contributed by atoms with Gasteiger partial charge in [-0.3, -0.25) is 0 Å². The van der Waals surface area contributed by atoms with Crippen molar-refractivity contribution in [1.82, 2.24) is 0 Å². The predicted molar refractivity (Wildman–Crippen MR) is 85.6 cm³/mol. The molecule has 0 bridgehead atoms. The van der Waals surface area contributed by atoms with Crippen molar-refractivity contribution in [2.24, 2.45) is 0 Å². The van der Waals surface area contributed by atoms with E-state index in [1.807, 2.05) is 0 Å². The number of halogens is 8. The van der Waals surface area contributed by atoms with Crippen molar-refractivity contribution in [2.45, 2.75) is 11.5 Å². The molecule has 2 aromatic rings. The average molecular weight is 452 g/mol. The van der Waals surface area contributed by atoms with Gasteiger partial charge in [-0.25, -0.2) is 4.39 Å². The van der Waals surface area contributed by atoms with Gasteiger partial charge in [-0.05, 0) is 29.8 Å². The van der Waals surface area contributed by atoms with Gasteiger partial charge in [-0.2, -0.15) is 13.2 Å². The highest BCUT2D eigenvalue weighted by Gasteiger charge is 2.37. The van der Waals surface area contributed by atoms with Crippen molar-refractivity contribution in [2.75, 3.05) is 0 Å². The van der Waals surface area contributed by atoms with E-state index in [1.54, 1.807) is 0 Å². The molecule has 124 valence electrons. The van der Waals surface area contributed by atoms with Crippen LogP contribution >= 0.6 is 50.7 Å². The van der Waals surface area contributed by atoms with Crippen LogP contribution < -0.4 is 4.74 Å². The molecule has 0 aromatic heterocycles. The fourth-order valence-electron chi connectivity index (χ4n) is 1.71. The molecule has 0 atom stereocenters. The summed E-state index contributed by atoms with van der Waals surface area (Å²) in [7, 11) is 0. The van der Waals surface area contributed by atoms with Gasteiger partial charge in [0.25, 0.3) is 0 Å². The minimum absolute atomic E-state index is 0.201. The fraction of sp³-hybridized carbons (Fsp3) is 0.143. The van der Waals surface area contributed by atoms with Crippen molar-refractivity contribution in [3.8, 4) is 11.5 Å². The van der Waals surface area contributed by atoms with Crippen molar-refractivity contribution in [3.63, 3.8) is 0 Å². The fourth-order valence-corrected chi connectivity index (χ4v) is 3.06. The van der Waals surface area contributed by atoms with Crippen LogP contribution in [0.15, 0.2) is 24.3 Å². The summed E-state index contributed by atoms with van der Waals surface area (Å²) in [6.07, 6.45) is -4.92. The second-order valence-electron chi connectivity index (χ2n) is 4.35. The molecule has 0 radical (unpaired) electrons. The summed E-state index contributed by atoms with van der Waals surface area (Å²) < 4.78 is 57.2. The van der Waals surface area contributed by atoms with Crippen molar-refractivity contribution in [3.05, 3.63) is 56.3 Å². The van der Waals surface area contributed by atoms with Gasteiger partial charge >= 0.3 is 6.18 Å². The molecule has 1 nitrogen and oxygen atoms in total. The average Bonchev–Trinajstić information content (AvgIpc) is 2.47. The Hall–Kier alpha value is -0.690. The Morgan fingerprint density at radius 1 is 1.04 bits per heavy atom. The maximum atomic E-state index is 13.8. The van der Waals surface area contributed by atoms with Crippen LogP contribution in [0.25, 0.3) is 0 Å². The molecule has 23 heavy (non-hydrogen) atoms.